The van der Waals surface area contributed by atoms with Crippen LogP contribution in [0.2, 0.25) is 5.02 Å². The van der Waals surface area contributed by atoms with Crippen molar-refractivity contribution in [2.75, 3.05) is 4.31 Å². The van der Waals surface area contributed by atoms with Crippen LogP contribution in [-0.2, 0) is 10.0 Å². The fourth-order valence-electron chi connectivity index (χ4n) is 5.00. The fraction of sp³-hybridized carbons (Fsp3) is 0.333. The minimum Gasteiger partial charge on any atom is -0.259 e. The van der Waals surface area contributed by atoms with Crippen molar-refractivity contribution in [2.45, 2.75) is 70.2 Å². The molecule has 0 bridgehead atoms. The molecule has 6 nitrogen and oxygen atoms in total. The van der Waals surface area contributed by atoms with E-state index in [1.807, 2.05) is 39.8 Å². The molecule has 0 saturated carbocycles. The number of benzene rings is 3. The summed E-state index contributed by atoms with van der Waals surface area (Å²) in [5.74, 6) is 0.0259. The second kappa shape index (κ2) is 10.5. The molecule has 1 aliphatic rings. The number of nitrogens with zero attached hydrogens (tertiary/aromatic N) is 2. The van der Waals surface area contributed by atoms with Crippen LogP contribution in [0, 0.1) is 10.1 Å². The number of anilines is 1. The predicted octanol–water partition coefficient (Wildman–Crippen LogP) is 8.28. The molecule has 3 aromatic carbocycles. The van der Waals surface area contributed by atoms with Gasteiger partial charge in [0.05, 0.1) is 15.5 Å². The zero-order valence-electron chi connectivity index (χ0n) is 22.5. The van der Waals surface area contributed by atoms with Crippen molar-refractivity contribution in [1.82, 2.24) is 0 Å². The lowest BCUT2D eigenvalue weighted by Gasteiger charge is -2.36. The number of para-hydroxylation sites is 1. The van der Waals surface area contributed by atoms with Gasteiger partial charge in [0, 0.05) is 16.7 Å². The van der Waals surface area contributed by atoms with Gasteiger partial charge in [0.15, 0.2) is 6.04 Å². The van der Waals surface area contributed by atoms with Gasteiger partial charge < -0.3 is 0 Å². The highest BCUT2D eigenvalue weighted by molar-refractivity contribution is 7.93. The molecule has 0 aromatic heterocycles. The van der Waals surface area contributed by atoms with Crippen molar-refractivity contribution in [1.29, 1.82) is 0 Å². The summed E-state index contributed by atoms with van der Waals surface area (Å²) in [4.78, 5) is 12.1. The van der Waals surface area contributed by atoms with Gasteiger partial charge in [-0.15, -0.1) is 0 Å². The molecule has 200 valence electrons. The molecule has 1 atom stereocenters. The Bertz CT molecular complexity index is 1500. The first-order valence-electron chi connectivity index (χ1n) is 12.8. The normalized spacial score (nSPS) is 15.7. The molecule has 0 unspecified atom stereocenters. The molecule has 1 heterocycles. The van der Waals surface area contributed by atoms with Crippen molar-refractivity contribution in [3.05, 3.63) is 109 Å². The Morgan fingerprint density at radius 1 is 0.868 bits per heavy atom. The lowest BCUT2D eigenvalue weighted by molar-refractivity contribution is -0.428. The summed E-state index contributed by atoms with van der Waals surface area (Å²) >= 11 is 6.29. The Morgan fingerprint density at radius 3 is 2.00 bits per heavy atom. The maximum absolute atomic E-state index is 15.0. The third kappa shape index (κ3) is 4.97. The average Bonchev–Trinajstić information content (AvgIpc) is 2.86. The summed E-state index contributed by atoms with van der Waals surface area (Å²) in [6.45, 7) is 12.1. The highest BCUT2D eigenvalue weighted by Gasteiger charge is 2.45. The molecule has 3 aromatic rings. The SMILES string of the molecule is CC(C)c1cc(C(C)C)c(S(=O)(=O)N2c3ccccc3C=C([N+](=O)[O-])[C@@H]2c2cccc(Cl)c2)c(C(C)C)c1. The molecule has 0 spiro atoms. The summed E-state index contributed by atoms with van der Waals surface area (Å²) in [5, 5.41) is 12.8. The molecule has 0 N–H and O–H groups in total. The smallest absolute Gasteiger partial charge is 0.259 e. The van der Waals surface area contributed by atoms with Crippen LogP contribution < -0.4 is 4.31 Å². The highest BCUT2D eigenvalue weighted by Crippen LogP contribution is 2.47. The molecule has 0 saturated heterocycles. The van der Waals surface area contributed by atoms with Crippen molar-refractivity contribution < 1.29 is 13.3 Å². The van der Waals surface area contributed by atoms with Crippen molar-refractivity contribution in [2.24, 2.45) is 0 Å². The number of hydrogen-bond donors (Lipinski definition) is 0. The molecule has 0 fully saturated rings. The molecule has 0 radical (unpaired) electrons. The van der Waals surface area contributed by atoms with E-state index in [4.69, 9.17) is 11.6 Å². The zero-order chi connectivity index (χ0) is 27.9. The van der Waals surface area contributed by atoms with Gasteiger partial charge >= 0.3 is 0 Å². The van der Waals surface area contributed by atoms with E-state index in [-0.39, 0.29) is 28.3 Å². The molecule has 0 amide bonds. The maximum Gasteiger partial charge on any atom is 0.274 e. The number of fused-ring (bicyclic) bond motifs is 1. The fourth-order valence-corrected chi connectivity index (χ4v) is 7.51. The quantitative estimate of drug-likeness (QED) is 0.218. The van der Waals surface area contributed by atoms with E-state index in [0.717, 1.165) is 5.56 Å². The monoisotopic (exact) mass is 552 g/mol. The first-order valence-corrected chi connectivity index (χ1v) is 14.6. The van der Waals surface area contributed by atoms with Crippen molar-refractivity contribution in [3.8, 4) is 0 Å². The predicted molar refractivity (Wildman–Crippen MR) is 154 cm³/mol. The van der Waals surface area contributed by atoms with E-state index >= 15 is 0 Å². The van der Waals surface area contributed by atoms with Gasteiger partial charge in [-0.1, -0.05) is 95.6 Å². The summed E-state index contributed by atoms with van der Waals surface area (Å²) < 4.78 is 31.2. The zero-order valence-corrected chi connectivity index (χ0v) is 24.0. The van der Waals surface area contributed by atoms with Crippen LogP contribution >= 0.6 is 11.6 Å². The Labute approximate surface area is 230 Å². The van der Waals surface area contributed by atoms with Crippen molar-refractivity contribution >= 4 is 33.4 Å². The van der Waals surface area contributed by atoms with Gasteiger partial charge in [-0.05, 0) is 58.2 Å². The van der Waals surface area contributed by atoms with Gasteiger partial charge in [-0.2, -0.15) is 0 Å². The molecular weight excluding hydrogens is 520 g/mol. The molecule has 0 aliphatic carbocycles. The highest BCUT2D eigenvalue weighted by atomic mass is 35.5. The summed E-state index contributed by atoms with van der Waals surface area (Å²) in [7, 11) is -4.30. The molecule has 4 rings (SSSR count). The van der Waals surface area contributed by atoms with E-state index in [2.05, 4.69) is 13.8 Å². The average molecular weight is 553 g/mol. The van der Waals surface area contributed by atoms with Crippen LogP contribution in [0.1, 0.15) is 93.2 Å². The maximum atomic E-state index is 15.0. The minimum absolute atomic E-state index is 0.0915. The number of halogens is 1. The van der Waals surface area contributed by atoms with E-state index in [9.17, 15) is 18.5 Å². The first kappa shape index (κ1) is 27.9. The largest absolute Gasteiger partial charge is 0.274 e. The number of rotatable bonds is 7. The molecule has 38 heavy (non-hydrogen) atoms. The number of nitro groups is 1. The first-order chi connectivity index (χ1) is 17.8. The molecule has 8 heteroatoms. The third-order valence-electron chi connectivity index (χ3n) is 6.96. The van der Waals surface area contributed by atoms with Crippen LogP contribution in [0.4, 0.5) is 5.69 Å². The van der Waals surface area contributed by atoms with E-state index in [0.29, 0.717) is 33.0 Å². The van der Waals surface area contributed by atoms with Gasteiger partial charge in [0.1, 0.15) is 0 Å². The van der Waals surface area contributed by atoms with Gasteiger partial charge in [-0.25, -0.2) is 12.7 Å². The number of sulfonamides is 1. The van der Waals surface area contributed by atoms with Crippen LogP contribution in [0.5, 0.6) is 0 Å². The van der Waals surface area contributed by atoms with Gasteiger partial charge in [-0.3, -0.25) is 10.1 Å². The lowest BCUT2D eigenvalue weighted by Crippen LogP contribution is -2.40. The Kier molecular flexibility index (Phi) is 7.73. The molecule has 1 aliphatic heterocycles. The third-order valence-corrected chi connectivity index (χ3v) is 9.11. The standard InChI is InChI=1S/C30H33ClN2O4S/c1-18(2)23-15-25(19(3)4)30(26(16-23)20(5)6)38(36,37)32-27-13-8-7-10-21(27)17-28(33(34)35)29(32)22-11-9-12-24(31)14-22/h7-20,29H,1-6H3/t29-/m0/s1. The van der Waals surface area contributed by atoms with E-state index in [1.54, 1.807) is 48.5 Å². The minimum atomic E-state index is -4.30. The van der Waals surface area contributed by atoms with Crippen LogP contribution in [0.15, 0.2) is 71.3 Å². The van der Waals surface area contributed by atoms with Crippen LogP contribution in [0.3, 0.4) is 0 Å². The Morgan fingerprint density at radius 2 is 1.47 bits per heavy atom. The van der Waals surface area contributed by atoms with Crippen LogP contribution in [-0.4, -0.2) is 13.3 Å². The summed E-state index contributed by atoms with van der Waals surface area (Å²) in [5.41, 5.74) is 3.53. The molecular formula is C30H33ClN2O4S. The second-order valence-electron chi connectivity index (χ2n) is 10.6. The topological polar surface area (TPSA) is 80.5 Å². The number of hydrogen-bond acceptors (Lipinski definition) is 4. The lowest BCUT2D eigenvalue weighted by atomic mass is 9.89. The second-order valence-corrected chi connectivity index (χ2v) is 12.8. The summed E-state index contributed by atoms with van der Waals surface area (Å²) in [6, 6.07) is 16.2. The van der Waals surface area contributed by atoms with E-state index in [1.165, 1.54) is 10.4 Å². The van der Waals surface area contributed by atoms with E-state index < -0.39 is 21.0 Å². The Balaban J connectivity index is 2.12. The van der Waals surface area contributed by atoms with Crippen molar-refractivity contribution in [3.63, 3.8) is 0 Å². The van der Waals surface area contributed by atoms with Gasteiger partial charge in [0.25, 0.3) is 15.7 Å². The summed E-state index contributed by atoms with van der Waals surface area (Å²) in [6.07, 6.45) is 1.46. The van der Waals surface area contributed by atoms with Crippen LogP contribution in [0.25, 0.3) is 6.08 Å². The Hall–Kier alpha value is -3.16. The van der Waals surface area contributed by atoms with Gasteiger partial charge in [0.2, 0.25) is 0 Å².